The highest BCUT2D eigenvalue weighted by molar-refractivity contribution is 5.76. The topological polar surface area (TPSA) is 83.9 Å². The van der Waals surface area contributed by atoms with Crippen LogP contribution in [0.5, 0.6) is 0 Å². The lowest BCUT2D eigenvalue weighted by Crippen LogP contribution is -2.55. The molecule has 0 radical (unpaired) electrons. The van der Waals surface area contributed by atoms with E-state index in [1.54, 1.807) is 12.4 Å². The number of fused-ring (bicyclic) bond motifs is 1. The van der Waals surface area contributed by atoms with Crippen LogP contribution in [0.15, 0.2) is 24.5 Å². The van der Waals surface area contributed by atoms with Crippen LogP contribution in [0.1, 0.15) is 37.7 Å². The summed E-state index contributed by atoms with van der Waals surface area (Å²) < 4.78 is 12.0. The van der Waals surface area contributed by atoms with Gasteiger partial charge in [-0.15, -0.1) is 0 Å². The Labute approximate surface area is 166 Å². The standard InChI is InChI=1S/C21H31N3O4/c25-17-12-24(11-16-5-7-22-8-6-16)19-4-3-18(28-20(19)14-27-13-17)9-21(26)23-10-15-1-2-15/h5-8,15,17-20,25H,1-4,9-14H2,(H,23,26)/t17-,18+,19+,20-/m1/s1. The molecule has 0 spiro atoms. The van der Waals surface area contributed by atoms with Crippen molar-refractivity contribution in [3.8, 4) is 0 Å². The van der Waals surface area contributed by atoms with Gasteiger partial charge in [-0.25, -0.2) is 0 Å². The normalized spacial score (nSPS) is 31.5. The minimum atomic E-state index is -0.506. The van der Waals surface area contributed by atoms with Crippen LogP contribution in [-0.2, 0) is 20.8 Å². The molecule has 4 atom stereocenters. The SMILES string of the molecule is O=C(C[C@@H]1CC[C@H]2[C@@H](COC[C@H](O)CN2Cc2ccncc2)O1)NCC1CC1. The first-order valence-corrected chi connectivity index (χ1v) is 10.5. The smallest absolute Gasteiger partial charge is 0.222 e. The number of β-amino-alcohol motifs (C(OH)–C–C–N with tert-alkyl or cyclic N) is 1. The van der Waals surface area contributed by atoms with Crippen molar-refractivity contribution >= 4 is 5.91 Å². The first-order chi connectivity index (χ1) is 13.7. The maximum atomic E-state index is 12.2. The predicted octanol–water partition coefficient (Wildman–Crippen LogP) is 1.11. The van der Waals surface area contributed by atoms with Crippen molar-refractivity contribution in [3.05, 3.63) is 30.1 Å². The fourth-order valence-corrected chi connectivity index (χ4v) is 4.21. The summed E-state index contributed by atoms with van der Waals surface area (Å²) in [6, 6.07) is 4.19. The van der Waals surface area contributed by atoms with Gasteiger partial charge in [0.2, 0.25) is 5.91 Å². The number of rotatable bonds is 6. The minimum absolute atomic E-state index is 0.0591. The second-order valence-electron chi connectivity index (χ2n) is 8.37. The van der Waals surface area contributed by atoms with Crippen molar-refractivity contribution in [1.82, 2.24) is 15.2 Å². The fraction of sp³-hybridized carbons (Fsp3) is 0.714. The largest absolute Gasteiger partial charge is 0.389 e. The second-order valence-corrected chi connectivity index (χ2v) is 8.37. The summed E-state index contributed by atoms with van der Waals surface area (Å²) >= 11 is 0. The van der Waals surface area contributed by atoms with E-state index in [9.17, 15) is 9.90 Å². The molecule has 1 aliphatic carbocycles. The van der Waals surface area contributed by atoms with Crippen molar-refractivity contribution in [3.63, 3.8) is 0 Å². The van der Waals surface area contributed by atoms with E-state index in [0.29, 0.717) is 32.1 Å². The van der Waals surface area contributed by atoms with Gasteiger partial charge in [-0.3, -0.25) is 14.7 Å². The minimum Gasteiger partial charge on any atom is -0.389 e. The number of carbonyl (C=O) groups is 1. The van der Waals surface area contributed by atoms with E-state index >= 15 is 0 Å². The monoisotopic (exact) mass is 389 g/mol. The van der Waals surface area contributed by atoms with E-state index in [-0.39, 0.29) is 24.2 Å². The summed E-state index contributed by atoms with van der Waals surface area (Å²) in [7, 11) is 0. The van der Waals surface area contributed by atoms with E-state index in [2.05, 4.69) is 15.2 Å². The highest BCUT2D eigenvalue weighted by Gasteiger charge is 2.38. The van der Waals surface area contributed by atoms with Gasteiger partial charge in [-0.05, 0) is 49.3 Å². The van der Waals surface area contributed by atoms with Crippen LogP contribution in [0.4, 0.5) is 0 Å². The van der Waals surface area contributed by atoms with E-state index in [1.807, 2.05) is 12.1 Å². The number of pyridine rings is 1. The molecule has 0 bridgehead atoms. The lowest BCUT2D eigenvalue weighted by molar-refractivity contribution is -0.158. The van der Waals surface area contributed by atoms with Gasteiger partial charge in [0.05, 0.1) is 37.9 Å². The molecule has 3 fully saturated rings. The third-order valence-electron chi connectivity index (χ3n) is 5.92. The summed E-state index contributed by atoms with van der Waals surface area (Å²) in [6.07, 6.45) is 7.62. The zero-order valence-electron chi connectivity index (χ0n) is 16.3. The molecule has 1 aromatic heterocycles. The molecule has 2 aliphatic heterocycles. The molecule has 28 heavy (non-hydrogen) atoms. The maximum Gasteiger partial charge on any atom is 0.222 e. The highest BCUT2D eigenvalue weighted by atomic mass is 16.5. The van der Waals surface area contributed by atoms with Crippen molar-refractivity contribution in [1.29, 1.82) is 0 Å². The van der Waals surface area contributed by atoms with Gasteiger partial charge < -0.3 is 19.9 Å². The van der Waals surface area contributed by atoms with E-state index in [4.69, 9.17) is 9.47 Å². The fourth-order valence-electron chi connectivity index (χ4n) is 4.21. The number of hydrogen-bond donors (Lipinski definition) is 2. The molecule has 1 aromatic rings. The molecule has 1 saturated carbocycles. The Morgan fingerprint density at radius 1 is 1.21 bits per heavy atom. The van der Waals surface area contributed by atoms with Crippen LogP contribution < -0.4 is 5.32 Å². The number of aliphatic hydroxyl groups excluding tert-OH is 1. The van der Waals surface area contributed by atoms with Gasteiger partial charge in [-0.1, -0.05) is 0 Å². The van der Waals surface area contributed by atoms with Crippen molar-refractivity contribution in [2.24, 2.45) is 5.92 Å². The molecule has 2 saturated heterocycles. The van der Waals surface area contributed by atoms with E-state index in [1.165, 1.54) is 18.4 Å². The quantitative estimate of drug-likeness (QED) is 0.758. The number of amides is 1. The summed E-state index contributed by atoms with van der Waals surface area (Å²) in [6.45, 7) is 2.87. The zero-order chi connectivity index (χ0) is 19.3. The number of nitrogens with one attached hydrogen (secondary N) is 1. The lowest BCUT2D eigenvalue weighted by Gasteiger charge is -2.44. The summed E-state index contributed by atoms with van der Waals surface area (Å²) in [5, 5.41) is 13.3. The van der Waals surface area contributed by atoms with Gasteiger partial charge in [0, 0.05) is 38.1 Å². The maximum absolute atomic E-state index is 12.2. The van der Waals surface area contributed by atoms with Crippen molar-refractivity contribution in [2.75, 3.05) is 26.3 Å². The average Bonchev–Trinajstić information content (AvgIpc) is 3.50. The third kappa shape index (κ3) is 5.50. The van der Waals surface area contributed by atoms with Gasteiger partial charge in [-0.2, -0.15) is 0 Å². The summed E-state index contributed by atoms with van der Waals surface area (Å²) in [4.78, 5) is 18.6. The van der Waals surface area contributed by atoms with Crippen LogP contribution in [0.3, 0.4) is 0 Å². The third-order valence-corrected chi connectivity index (χ3v) is 5.92. The summed E-state index contributed by atoms with van der Waals surface area (Å²) in [5.41, 5.74) is 1.17. The van der Waals surface area contributed by atoms with Gasteiger partial charge >= 0.3 is 0 Å². The van der Waals surface area contributed by atoms with Crippen LogP contribution >= 0.6 is 0 Å². The van der Waals surface area contributed by atoms with Gasteiger partial charge in [0.15, 0.2) is 0 Å². The Hall–Kier alpha value is -1.54. The first-order valence-electron chi connectivity index (χ1n) is 10.5. The molecule has 154 valence electrons. The van der Waals surface area contributed by atoms with Crippen LogP contribution in [0.2, 0.25) is 0 Å². The lowest BCUT2D eigenvalue weighted by atomic mass is 9.94. The molecule has 0 unspecified atom stereocenters. The average molecular weight is 389 g/mol. The number of ether oxygens (including phenoxy) is 2. The molecule has 7 heteroatoms. The Balaban J connectivity index is 1.36. The van der Waals surface area contributed by atoms with Gasteiger partial charge in [0.1, 0.15) is 0 Å². The van der Waals surface area contributed by atoms with Crippen molar-refractivity contribution < 1.29 is 19.4 Å². The molecule has 2 N–H and O–H groups in total. The van der Waals surface area contributed by atoms with E-state index in [0.717, 1.165) is 25.9 Å². The van der Waals surface area contributed by atoms with Crippen molar-refractivity contribution in [2.45, 2.75) is 63.0 Å². The van der Waals surface area contributed by atoms with Crippen LogP contribution in [0.25, 0.3) is 0 Å². The number of aromatic nitrogens is 1. The molecule has 3 aliphatic rings. The number of nitrogens with zero attached hydrogens (tertiary/aromatic N) is 2. The number of aliphatic hydroxyl groups is 1. The molecule has 4 rings (SSSR count). The Kier molecular flexibility index (Phi) is 6.57. The molecular formula is C21H31N3O4. The molecule has 7 nitrogen and oxygen atoms in total. The summed E-state index contributed by atoms with van der Waals surface area (Å²) in [5.74, 6) is 0.777. The van der Waals surface area contributed by atoms with Gasteiger partial charge in [0.25, 0.3) is 0 Å². The molecule has 0 aromatic carbocycles. The Bertz CT molecular complexity index is 640. The molecule has 1 amide bonds. The number of carbonyl (C=O) groups excluding carboxylic acids is 1. The molecular weight excluding hydrogens is 358 g/mol. The zero-order valence-corrected chi connectivity index (χ0v) is 16.3. The Morgan fingerprint density at radius 2 is 2.04 bits per heavy atom. The predicted molar refractivity (Wildman–Crippen MR) is 104 cm³/mol. The Morgan fingerprint density at radius 3 is 2.82 bits per heavy atom. The number of hydrogen-bond acceptors (Lipinski definition) is 6. The van der Waals surface area contributed by atoms with Crippen LogP contribution in [-0.4, -0.2) is 71.6 Å². The second kappa shape index (κ2) is 9.31. The first kappa shape index (κ1) is 19.8. The molecule has 3 heterocycles. The van der Waals surface area contributed by atoms with E-state index < -0.39 is 6.10 Å². The van der Waals surface area contributed by atoms with Crippen LogP contribution in [0, 0.1) is 5.92 Å². The highest BCUT2D eigenvalue weighted by Crippen LogP contribution is 2.29.